The fourth-order valence-corrected chi connectivity index (χ4v) is 5.48. The molecule has 1 saturated heterocycles. The molecule has 0 aliphatic carbocycles. The number of hydrogen-bond donors (Lipinski definition) is 2. The van der Waals surface area contributed by atoms with Gasteiger partial charge in [-0.05, 0) is 25.5 Å². The molecule has 3 heterocycles. The maximum atomic E-state index is 13.2. The molecule has 0 spiro atoms. The first kappa shape index (κ1) is 33.6. The smallest absolute Gasteiger partial charge is 0.340 e. The number of carbonyl (C=O) groups excluding carboxylic acids is 2. The zero-order chi connectivity index (χ0) is 30.5. The van der Waals surface area contributed by atoms with E-state index in [0.717, 1.165) is 23.8 Å². The summed E-state index contributed by atoms with van der Waals surface area (Å²) in [5.41, 5.74) is -1.53. The minimum atomic E-state index is -1.54. The van der Waals surface area contributed by atoms with Gasteiger partial charge in [0.1, 0.15) is 18.4 Å². The molecule has 0 aromatic carbocycles. The molecule has 0 radical (unpaired) electrons. The van der Waals surface area contributed by atoms with Gasteiger partial charge in [-0.1, -0.05) is 84.0 Å². The predicted octanol–water partition coefficient (Wildman–Crippen LogP) is 4.46. The lowest BCUT2D eigenvalue weighted by molar-refractivity contribution is -0.141. The van der Waals surface area contributed by atoms with Crippen molar-refractivity contribution in [2.24, 2.45) is 0 Å². The molecule has 0 saturated carbocycles. The lowest BCUT2D eigenvalue weighted by Crippen LogP contribution is -2.45. The van der Waals surface area contributed by atoms with Crippen molar-refractivity contribution in [3.05, 3.63) is 62.7 Å². The van der Waals surface area contributed by atoms with E-state index in [1.807, 2.05) is 0 Å². The van der Waals surface area contributed by atoms with E-state index >= 15 is 0 Å². The highest BCUT2D eigenvalue weighted by Gasteiger charge is 2.42. The van der Waals surface area contributed by atoms with Gasteiger partial charge in [-0.2, -0.15) is 4.57 Å². The Morgan fingerprint density at radius 3 is 2.17 bits per heavy atom. The number of rotatable bonds is 18. The molecule has 1 aliphatic heterocycles. The lowest BCUT2D eigenvalue weighted by Gasteiger charge is -2.21. The number of aryl methyl sites for hydroxylation is 1. The topological polar surface area (TPSA) is 141 Å². The summed E-state index contributed by atoms with van der Waals surface area (Å²) in [6, 6.07) is 2.96. The average Bonchev–Trinajstić information content (AvgIpc) is 3.38. The summed E-state index contributed by atoms with van der Waals surface area (Å²) in [5.74, 6) is -1.25. The molecule has 42 heavy (non-hydrogen) atoms. The SMILES string of the molecule is CCCCCCCCCCCCCCCC(=O)C(O)[C@H]1O[C@@H](n2cc(C)c(=O)n(C(=O)c3cccnc3)c2=O)C[C@@H]1O. The Bertz CT molecular complexity index is 1260. The summed E-state index contributed by atoms with van der Waals surface area (Å²) >= 11 is 0. The van der Waals surface area contributed by atoms with Crippen LogP contribution in [-0.4, -0.2) is 54.3 Å². The van der Waals surface area contributed by atoms with Crippen molar-refractivity contribution in [2.75, 3.05) is 0 Å². The van der Waals surface area contributed by atoms with Crippen LogP contribution in [0.5, 0.6) is 0 Å². The standard InChI is InChI=1S/C32H47N3O7/c1-3-4-5-6-7-8-9-10-11-12-13-14-15-18-25(36)28(38)29-26(37)20-27(42-29)34-22-23(2)30(39)35(32(34)41)31(40)24-17-16-19-33-21-24/h16-17,19,21-22,26-29,37-38H,3-15,18,20H2,1-2H3/t26-,27+,28?,29-/m0/s1. The molecule has 10 nitrogen and oxygen atoms in total. The summed E-state index contributed by atoms with van der Waals surface area (Å²) in [6.07, 6.45) is 14.5. The van der Waals surface area contributed by atoms with E-state index in [0.29, 0.717) is 11.0 Å². The summed E-state index contributed by atoms with van der Waals surface area (Å²) < 4.78 is 7.34. The average molecular weight is 586 g/mol. The van der Waals surface area contributed by atoms with Crippen LogP contribution >= 0.6 is 0 Å². The van der Waals surface area contributed by atoms with Gasteiger partial charge in [-0.15, -0.1) is 0 Å². The van der Waals surface area contributed by atoms with Gasteiger partial charge >= 0.3 is 5.69 Å². The molecule has 2 aromatic heterocycles. The van der Waals surface area contributed by atoms with Gasteiger partial charge in [-0.25, -0.2) is 4.79 Å². The third-order valence-electron chi connectivity index (χ3n) is 8.01. The van der Waals surface area contributed by atoms with E-state index in [2.05, 4.69) is 11.9 Å². The van der Waals surface area contributed by atoms with Gasteiger partial charge in [0.05, 0.1) is 11.7 Å². The van der Waals surface area contributed by atoms with E-state index in [-0.39, 0.29) is 24.0 Å². The number of aliphatic hydroxyl groups is 2. The number of carbonyl (C=O) groups is 2. The first-order chi connectivity index (χ1) is 20.3. The van der Waals surface area contributed by atoms with E-state index in [9.17, 15) is 29.4 Å². The van der Waals surface area contributed by atoms with Crippen LogP contribution in [-0.2, 0) is 9.53 Å². The number of hydrogen-bond acceptors (Lipinski definition) is 8. The number of aromatic nitrogens is 3. The Labute approximate surface area is 247 Å². The Balaban J connectivity index is 1.46. The van der Waals surface area contributed by atoms with Gasteiger partial charge in [-0.3, -0.25) is 23.9 Å². The molecule has 2 aromatic rings. The van der Waals surface area contributed by atoms with Crippen molar-refractivity contribution < 1.29 is 24.5 Å². The van der Waals surface area contributed by atoms with Gasteiger partial charge in [0.15, 0.2) is 5.78 Å². The summed E-state index contributed by atoms with van der Waals surface area (Å²) in [5, 5.41) is 21.3. The number of ketones is 1. The number of aliphatic hydroxyl groups excluding tert-OH is 2. The molecule has 4 atom stereocenters. The van der Waals surface area contributed by atoms with Gasteiger partial charge in [0.2, 0.25) is 0 Å². The lowest BCUT2D eigenvalue weighted by atomic mass is 9.99. The fraction of sp³-hybridized carbons (Fsp3) is 0.656. The summed E-state index contributed by atoms with van der Waals surface area (Å²) in [6.45, 7) is 3.69. The molecule has 1 unspecified atom stereocenters. The van der Waals surface area contributed by atoms with Crippen molar-refractivity contribution in [1.29, 1.82) is 0 Å². The van der Waals surface area contributed by atoms with Gasteiger partial charge < -0.3 is 14.9 Å². The third kappa shape index (κ3) is 9.28. The van der Waals surface area contributed by atoms with Gasteiger partial charge in [0.25, 0.3) is 11.5 Å². The normalized spacial score (nSPS) is 19.2. The minimum Gasteiger partial charge on any atom is -0.390 e. The number of Topliss-reactive ketones (excluding diaryl/α,β-unsaturated/α-hetero) is 1. The largest absolute Gasteiger partial charge is 0.390 e. The van der Waals surface area contributed by atoms with E-state index in [1.165, 1.54) is 95.4 Å². The monoisotopic (exact) mass is 585 g/mol. The van der Waals surface area contributed by atoms with Crippen LogP contribution < -0.4 is 11.2 Å². The molecule has 1 aliphatic rings. The van der Waals surface area contributed by atoms with Crippen molar-refractivity contribution in [1.82, 2.24) is 14.1 Å². The highest BCUT2D eigenvalue weighted by Crippen LogP contribution is 2.30. The van der Waals surface area contributed by atoms with E-state index in [4.69, 9.17) is 4.74 Å². The van der Waals surface area contributed by atoms with Crippen molar-refractivity contribution >= 4 is 11.7 Å². The number of nitrogens with zero attached hydrogens (tertiary/aromatic N) is 3. The third-order valence-corrected chi connectivity index (χ3v) is 8.01. The highest BCUT2D eigenvalue weighted by molar-refractivity contribution is 5.95. The Hall–Kier alpha value is -2.95. The second-order valence-electron chi connectivity index (χ2n) is 11.5. The first-order valence-corrected chi connectivity index (χ1v) is 15.6. The minimum absolute atomic E-state index is 0.0632. The zero-order valence-corrected chi connectivity index (χ0v) is 25.1. The Morgan fingerprint density at radius 2 is 1.60 bits per heavy atom. The molecule has 10 heteroatoms. The zero-order valence-electron chi connectivity index (χ0n) is 25.1. The second-order valence-corrected chi connectivity index (χ2v) is 11.5. The van der Waals surface area contributed by atoms with Crippen LogP contribution in [0, 0.1) is 6.92 Å². The molecule has 0 bridgehead atoms. The molecule has 232 valence electrons. The number of unbranched alkanes of at least 4 members (excludes halogenated alkanes) is 12. The van der Waals surface area contributed by atoms with Crippen LogP contribution in [0.3, 0.4) is 0 Å². The van der Waals surface area contributed by atoms with Crippen molar-refractivity contribution in [3.8, 4) is 0 Å². The first-order valence-electron chi connectivity index (χ1n) is 15.6. The summed E-state index contributed by atoms with van der Waals surface area (Å²) in [7, 11) is 0. The maximum absolute atomic E-state index is 13.2. The number of ether oxygens (including phenoxy) is 1. The molecule has 2 N–H and O–H groups in total. The van der Waals surface area contributed by atoms with Crippen LogP contribution in [0.4, 0.5) is 0 Å². The molecular weight excluding hydrogens is 538 g/mol. The Kier molecular flexibility index (Phi) is 13.8. The van der Waals surface area contributed by atoms with Gasteiger partial charge in [0, 0.05) is 37.0 Å². The molecule has 3 rings (SSSR count). The maximum Gasteiger partial charge on any atom is 0.340 e. The highest BCUT2D eigenvalue weighted by atomic mass is 16.5. The molecular formula is C32H47N3O7. The second kappa shape index (κ2) is 17.2. The molecule has 1 fully saturated rings. The Morgan fingerprint density at radius 1 is 1.00 bits per heavy atom. The van der Waals surface area contributed by atoms with Crippen LogP contribution in [0.1, 0.15) is 125 Å². The summed E-state index contributed by atoms with van der Waals surface area (Å²) in [4.78, 5) is 55.4. The van der Waals surface area contributed by atoms with E-state index < -0.39 is 47.5 Å². The quantitative estimate of drug-likeness (QED) is 0.244. The van der Waals surface area contributed by atoms with Crippen molar-refractivity contribution in [3.63, 3.8) is 0 Å². The van der Waals surface area contributed by atoms with E-state index in [1.54, 1.807) is 0 Å². The molecule has 0 amide bonds. The number of pyridine rings is 1. The van der Waals surface area contributed by atoms with Crippen LogP contribution in [0.25, 0.3) is 0 Å². The van der Waals surface area contributed by atoms with Crippen LogP contribution in [0.15, 0.2) is 40.3 Å². The van der Waals surface area contributed by atoms with Crippen LogP contribution in [0.2, 0.25) is 0 Å². The predicted molar refractivity (Wildman–Crippen MR) is 160 cm³/mol. The fourth-order valence-electron chi connectivity index (χ4n) is 5.48. The van der Waals surface area contributed by atoms with Crippen molar-refractivity contribution in [2.45, 2.75) is 135 Å².